The zero-order valence-electron chi connectivity index (χ0n) is 19.8. The normalized spacial score (nSPS) is 25.8. The number of methoxy groups -OCH3 is 2. The number of fused-ring (bicyclic) bond motifs is 1. The smallest absolute Gasteiger partial charge is 0.336 e. The van der Waals surface area contributed by atoms with Crippen molar-refractivity contribution in [2.24, 2.45) is 5.92 Å². The minimum absolute atomic E-state index is 0.310. The van der Waals surface area contributed by atoms with E-state index in [2.05, 4.69) is 37.5 Å². The average Bonchev–Trinajstić information content (AvgIpc) is 3.11. The van der Waals surface area contributed by atoms with Crippen LogP contribution >= 0.6 is 18.5 Å². The summed E-state index contributed by atoms with van der Waals surface area (Å²) in [5.74, 6) is -0.347. The van der Waals surface area contributed by atoms with E-state index in [1.54, 1.807) is 11.4 Å². The Morgan fingerprint density at radius 2 is 1.55 bits per heavy atom. The maximum atomic E-state index is 13.6. The van der Waals surface area contributed by atoms with Crippen LogP contribution in [-0.2, 0) is 19.1 Å². The summed E-state index contributed by atoms with van der Waals surface area (Å²) < 4.78 is 10.7. The molecule has 0 spiro atoms. The highest BCUT2D eigenvalue weighted by atomic mass is 32.7. The molecular weight excluding hydrogens is 431 g/mol. The van der Waals surface area contributed by atoms with Crippen LogP contribution in [0.2, 0.25) is 0 Å². The van der Waals surface area contributed by atoms with Gasteiger partial charge in [-0.2, -0.15) is 0 Å². The molecule has 2 atom stereocenters. The predicted octanol–water partition coefficient (Wildman–Crippen LogP) is 4.92. The fraction of sp³-hybridized carbons (Fsp3) is 0.739. The lowest BCUT2D eigenvalue weighted by Gasteiger charge is -2.53. The van der Waals surface area contributed by atoms with Gasteiger partial charge in [-0.1, -0.05) is 30.6 Å². The maximum absolute atomic E-state index is 13.6. The molecule has 6 nitrogen and oxygen atoms in total. The van der Waals surface area contributed by atoms with E-state index in [0.717, 1.165) is 49.6 Å². The third kappa shape index (κ3) is 3.70. The van der Waals surface area contributed by atoms with Crippen LogP contribution in [-0.4, -0.2) is 67.3 Å². The molecule has 0 amide bonds. The van der Waals surface area contributed by atoms with Crippen LogP contribution in [0.25, 0.3) is 0 Å². The van der Waals surface area contributed by atoms with Crippen LogP contribution in [0, 0.1) is 5.92 Å². The summed E-state index contributed by atoms with van der Waals surface area (Å²) in [5.41, 5.74) is 2.78. The molecule has 1 fully saturated rings. The van der Waals surface area contributed by atoms with Gasteiger partial charge in [0.2, 0.25) is 0 Å². The van der Waals surface area contributed by atoms with Crippen molar-refractivity contribution in [3.63, 3.8) is 0 Å². The second-order valence-electron chi connectivity index (χ2n) is 8.17. The van der Waals surface area contributed by atoms with Gasteiger partial charge >= 0.3 is 11.9 Å². The first kappa shape index (κ1) is 24.4. The van der Waals surface area contributed by atoms with Crippen LogP contribution in [0.4, 0.5) is 0 Å². The fourth-order valence-electron chi connectivity index (χ4n) is 5.25. The van der Waals surface area contributed by atoms with E-state index in [9.17, 15) is 9.59 Å². The summed E-state index contributed by atoms with van der Waals surface area (Å²) in [5, 5.41) is -1.02. The highest BCUT2D eigenvalue weighted by Crippen LogP contribution is 2.86. The summed E-state index contributed by atoms with van der Waals surface area (Å²) in [6.07, 6.45) is 5.73. The van der Waals surface area contributed by atoms with Crippen molar-refractivity contribution in [1.82, 2.24) is 9.80 Å². The maximum Gasteiger partial charge on any atom is 0.336 e. The van der Waals surface area contributed by atoms with Gasteiger partial charge in [-0.15, -0.1) is 0 Å². The zero-order chi connectivity index (χ0) is 22.8. The number of nitrogens with zero attached hydrogens (tertiary/aromatic N) is 2. The van der Waals surface area contributed by atoms with E-state index >= 15 is 0 Å². The van der Waals surface area contributed by atoms with Gasteiger partial charge in [-0.25, -0.2) is 4.79 Å². The lowest BCUT2D eigenvalue weighted by atomic mass is 9.83. The Morgan fingerprint density at radius 3 is 2.03 bits per heavy atom. The molecule has 8 heteroatoms. The predicted molar refractivity (Wildman–Crippen MR) is 128 cm³/mol. The Balaban J connectivity index is 2.27. The number of hydrogen-bond donors (Lipinski definition) is 0. The van der Waals surface area contributed by atoms with Gasteiger partial charge < -0.3 is 19.3 Å². The summed E-state index contributed by atoms with van der Waals surface area (Å²) in [7, 11) is 1.88. The molecule has 0 radical (unpaired) electrons. The van der Waals surface area contributed by atoms with E-state index in [-0.39, 0.29) is 11.9 Å². The largest absolute Gasteiger partial charge is 0.468 e. The van der Waals surface area contributed by atoms with Gasteiger partial charge in [0.15, 0.2) is 5.16 Å². The molecule has 0 bridgehead atoms. The van der Waals surface area contributed by atoms with Crippen molar-refractivity contribution in [3.8, 4) is 0 Å². The monoisotopic (exact) mass is 468 g/mol. The highest BCUT2D eigenvalue weighted by molar-refractivity contribution is 8.60. The van der Waals surface area contributed by atoms with Crippen molar-refractivity contribution < 1.29 is 19.1 Å². The van der Waals surface area contributed by atoms with Crippen LogP contribution in [0.5, 0.6) is 0 Å². The molecular formula is C23H37N2O4PS. The number of carbonyl (C=O) groups excluding carboxylic acids is 2. The average molecular weight is 469 g/mol. The zero-order valence-corrected chi connectivity index (χ0v) is 21.5. The Bertz CT molecular complexity index is 770. The molecule has 31 heavy (non-hydrogen) atoms. The lowest BCUT2D eigenvalue weighted by Crippen LogP contribution is -2.55. The second-order valence-corrected chi connectivity index (χ2v) is 12.1. The highest BCUT2D eigenvalue weighted by Gasteiger charge is 2.71. The fourth-order valence-corrected chi connectivity index (χ4v) is 12.1. The minimum atomic E-state index is -1.02. The Hall–Kier alpha value is -1.20. The molecule has 3 rings (SSSR count). The standard InChI is InChI=1S/C23H37N2O4PS/c1-7-24(8-2)19-20(25(9-3)10-4)30-23(19,22(27)29-6)17(21(26)28-5)18(31-30)16-14-12-11-13-15-16/h16H,7-15H2,1-6H3. The molecule has 1 saturated carbocycles. The van der Waals surface area contributed by atoms with Gasteiger partial charge in [0.05, 0.1) is 30.9 Å². The molecule has 3 aliphatic rings. The minimum Gasteiger partial charge on any atom is -0.468 e. The molecule has 0 aromatic rings. The topological polar surface area (TPSA) is 59.1 Å². The van der Waals surface area contributed by atoms with Crippen LogP contribution in [0.15, 0.2) is 21.6 Å². The number of esters is 2. The van der Waals surface area contributed by atoms with Gasteiger partial charge in [0.25, 0.3) is 0 Å². The molecule has 2 aliphatic heterocycles. The molecule has 0 aromatic heterocycles. The Kier molecular flexibility index (Phi) is 8.01. The summed E-state index contributed by atoms with van der Waals surface area (Å²) in [6, 6.07) is 0. The molecule has 0 saturated heterocycles. The van der Waals surface area contributed by atoms with Crippen molar-refractivity contribution in [2.45, 2.75) is 65.0 Å². The van der Waals surface area contributed by atoms with Crippen molar-refractivity contribution in [1.29, 1.82) is 0 Å². The Labute approximate surface area is 192 Å². The van der Waals surface area contributed by atoms with Crippen molar-refractivity contribution in [2.75, 3.05) is 40.4 Å². The van der Waals surface area contributed by atoms with E-state index < -0.39 is 12.3 Å². The number of ether oxygens (including phenoxy) is 2. The summed E-state index contributed by atoms with van der Waals surface area (Å²) in [6.45, 7) is 11.8. The van der Waals surface area contributed by atoms with E-state index in [1.807, 2.05) is 0 Å². The van der Waals surface area contributed by atoms with Crippen molar-refractivity contribution in [3.05, 3.63) is 21.6 Å². The molecule has 2 heterocycles. The van der Waals surface area contributed by atoms with Crippen LogP contribution in [0.3, 0.4) is 0 Å². The summed E-state index contributed by atoms with van der Waals surface area (Å²) in [4.78, 5) is 32.6. The molecule has 0 N–H and O–H groups in total. The van der Waals surface area contributed by atoms with E-state index in [4.69, 9.17) is 9.47 Å². The van der Waals surface area contributed by atoms with E-state index in [1.165, 1.54) is 38.9 Å². The molecule has 1 aliphatic carbocycles. The Morgan fingerprint density at radius 1 is 0.968 bits per heavy atom. The van der Waals surface area contributed by atoms with E-state index in [0.29, 0.717) is 11.5 Å². The summed E-state index contributed by atoms with van der Waals surface area (Å²) >= 11 is 1.79. The molecule has 0 aromatic carbocycles. The van der Waals surface area contributed by atoms with Gasteiger partial charge in [0, 0.05) is 38.2 Å². The van der Waals surface area contributed by atoms with Crippen LogP contribution in [0.1, 0.15) is 59.8 Å². The first-order chi connectivity index (χ1) is 15.0. The van der Waals surface area contributed by atoms with Crippen LogP contribution < -0.4 is 0 Å². The molecule has 174 valence electrons. The third-order valence-corrected chi connectivity index (χ3v) is 12.3. The third-order valence-electron chi connectivity index (χ3n) is 6.84. The first-order valence-electron chi connectivity index (χ1n) is 11.6. The quantitative estimate of drug-likeness (QED) is 0.352. The van der Waals surface area contributed by atoms with Crippen molar-refractivity contribution >= 4 is 30.4 Å². The number of carbonyl (C=O) groups is 2. The lowest BCUT2D eigenvalue weighted by molar-refractivity contribution is -0.145. The van der Waals surface area contributed by atoms with Gasteiger partial charge in [-0.3, -0.25) is 4.79 Å². The second kappa shape index (κ2) is 10.2. The van der Waals surface area contributed by atoms with Gasteiger partial charge in [-0.05, 0) is 46.5 Å². The number of hydrogen-bond acceptors (Lipinski definition) is 7. The molecule has 2 unspecified atom stereocenters. The number of allylic oxidation sites excluding steroid dienone is 1. The first-order valence-corrected chi connectivity index (χ1v) is 14.4. The van der Waals surface area contributed by atoms with Gasteiger partial charge in [0.1, 0.15) is 0 Å². The SMILES string of the molecule is CCN(CC)C1=C(N(CC)CC)C2(C(=O)OC)C(C(=O)OC)=C(C3CCCCC3)SP12. The number of rotatable bonds is 9.